The molecule has 0 amide bonds. The number of hydrogen-bond acceptors (Lipinski definition) is 1. The van der Waals surface area contributed by atoms with E-state index in [0.717, 1.165) is 6.04 Å². The van der Waals surface area contributed by atoms with Gasteiger partial charge in [-0.15, -0.1) is 0 Å². The molecule has 1 atom stereocenters. The predicted molar refractivity (Wildman–Crippen MR) is 61.1 cm³/mol. The SMILES string of the molecule is CCCN1[SiH2][N+](CCC)=C(C)C1C. The maximum Gasteiger partial charge on any atom is 0.413 e. The molecule has 0 fully saturated rings. The smallest absolute Gasteiger partial charge is 0.302 e. The maximum absolute atomic E-state index is 2.70. The molecule has 0 aromatic heterocycles. The molecule has 76 valence electrons. The van der Waals surface area contributed by atoms with Crippen molar-refractivity contribution in [1.29, 1.82) is 0 Å². The van der Waals surface area contributed by atoms with Crippen molar-refractivity contribution in [2.24, 2.45) is 0 Å². The van der Waals surface area contributed by atoms with Gasteiger partial charge in [0.2, 0.25) is 0 Å². The first-order chi connectivity index (χ1) is 6.20. The fourth-order valence-corrected chi connectivity index (χ4v) is 4.40. The van der Waals surface area contributed by atoms with Crippen LogP contribution in [0.1, 0.15) is 40.5 Å². The molecule has 0 radical (unpaired) electrons. The van der Waals surface area contributed by atoms with Crippen molar-refractivity contribution in [2.45, 2.75) is 46.6 Å². The Morgan fingerprint density at radius 3 is 2.62 bits per heavy atom. The standard InChI is InChI=1S/C10H23N2Si/c1-5-7-11-9(3)10(4)12(13-11)8-6-2/h9H,5-8,13H2,1-4H3/q+1. The van der Waals surface area contributed by atoms with Crippen molar-refractivity contribution in [1.82, 2.24) is 4.57 Å². The highest BCUT2D eigenvalue weighted by atomic mass is 28.2. The summed E-state index contributed by atoms with van der Waals surface area (Å²) in [5, 5.41) is 0. The van der Waals surface area contributed by atoms with E-state index in [1.807, 2.05) is 0 Å². The third-order valence-corrected chi connectivity index (χ3v) is 5.39. The van der Waals surface area contributed by atoms with E-state index in [0.29, 0.717) is 0 Å². The van der Waals surface area contributed by atoms with E-state index in [9.17, 15) is 0 Å². The van der Waals surface area contributed by atoms with Crippen LogP contribution < -0.4 is 0 Å². The quantitative estimate of drug-likeness (QED) is 0.612. The van der Waals surface area contributed by atoms with Crippen LogP contribution in [0.5, 0.6) is 0 Å². The van der Waals surface area contributed by atoms with Gasteiger partial charge in [-0.05, 0) is 19.9 Å². The van der Waals surface area contributed by atoms with Crippen molar-refractivity contribution in [3.05, 3.63) is 0 Å². The highest BCUT2D eigenvalue weighted by Crippen LogP contribution is 2.08. The molecule has 0 aromatic rings. The van der Waals surface area contributed by atoms with Gasteiger partial charge in [0, 0.05) is 13.3 Å². The van der Waals surface area contributed by atoms with Gasteiger partial charge in [-0.1, -0.05) is 13.8 Å². The van der Waals surface area contributed by atoms with Crippen molar-refractivity contribution in [3.8, 4) is 0 Å². The Kier molecular flexibility index (Phi) is 4.13. The summed E-state index contributed by atoms with van der Waals surface area (Å²) in [6, 6.07) is 0.721. The van der Waals surface area contributed by atoms with Crippen LogP contribution in [0.15, 0.2) is 0 Å². The lowest BCUT2D eigenvalue weighted by atomic mass is 10.2. The fraction of sp³-hybridized carbons (Fsp3) is 0.900. The summed E-state index contributed by atoms with van der Waals surface area (Å²) in [6.45, 7) is 11.8. The molecule has 2 nitrogen and oxygen atoms in total. The zero-order chi connectivity index (χ0) is 9.84. The van der Waals surface area contributed by atoms with Crippen LogP contribution in [0, 0.1) is 0 Å². The van der Waals surface area contributed by atoms with Gasteiger partial charge in [0.1, 0.15) is 12.3 Å². The maximum atomic E-state index is 2.70. The molecule has 0 aliphatic carbocycles. The lowest BCUT2D eigenvalue weighted by Crippen LogP contribution is -2.35. The van der Waals surface area contributed by atoms with Crippen molar-refractivity contribution in [2.75, 3.05) is 13.1 Å². The molecule has 1 aliphatic rings. The second-order valence-corrected chi connectivity index (χ2v) is 5.89. The largest absolute Gasteiger partial charge is 0.413 e. The first kappa shape index (κ1) is 10.9. The second-order valence-electron chi connectivity index (χ2n) is 4.03. The number of nitrogens with zero attached hydrogens (tertiary/aromatic N) is 2. The molecule has 3 heteroatoms. The van der Waals surface area contributed by atoms with Gasteiger partial charge < -0.3 is 4.24 Å². The molecule has 0 aromatic carbocycles. The summed E-state index contributed by atoms with van der Waals surface area (Å²) in [5.74, 6) is 0. The predicted octanol–water partition coefficient (Wildman–Crippen LogP) is 0.983. The van der Waals surface area contributed by atoms with Gasteiger partial charge in [-0.2, -0.15) is 0 Å². The van der Waals surface area contributed by atoms with Crippen LogP contribution >= 0.6 is 0 Å². The van der Waals surface area contributed by atoms with Gasteiger partial charge in [-0.3, -0.25) is 4.57 Å². The van der Waals surface area contributed by atoms with Gasteiger partial charge in [0.05, 0.1) is 6.04 Å². The monoisotopic (exact) mass is 199 g/mol. The normalized spacial score (nSPS) is 26.3. The van der Waals surface area contributed by atoms with E-state index in [2.05, 4.69) is 36.5 Å². The Labute approximate surface area is 84.6 Å². The van der Waals surface area contributed by atoms with Crippen LogP contribution in [0.3, 0.4) is 0 Å². The molecule has 0 spiro atoms. The molecule has 0 saturated carbocycles. The Morgan fingerprint density at radius 1 is 1.38 bits per heavy atom. The van der Waals surface area contributed by atoms with Crippen LogP contribution in [0.2, 0.25) is 0 Å². The van der Waals surface area contributed by atoms with Crippen molar-refractivity contribution >= 4 is 15.6 Å². The summed E-state index contributed by atoms with van der Waals surface area (Å²) >= 11 is 0. The van der Waals surface area contributed by atoms with Crippen LogP contribution in [0.25, 0.3) is 0 Å². The van der Waals surface area contributed by atoms with Gasteiger partial charge in [-0.25, -0.2) is 0 Å². The summed E-state index contributed by atoms with van der Waals surface area (Å²) in [6.07, 6.45) is 2.58. The molecule has 13 heavy (non-hydrogen) atoms. The van der Waals surface area contributed by atoms with Crippen LogP contribution in [-0.2, 0) is 0 Å². The summed E-state index contributed by atoms with van der Waals surface area (Å²) in [7, 11) is -0.116. The molecule has 1 rings (SSSR count). The number of hydrogen-bond donors (Lipinski definition) is 0. The molecule has 0 saturated heterocycles. The summed E-state index contributed by atoms with van der Waals surface area (Å²) in [5.41, 5.74) is 1.61. The lowest BCUT2D eigenvalue weighted by Gasteiger charge is -2.15. The van der Waals surface area contributed by atoms with E-state index in [-0.39, 0.29) is 9.84 Å². The number of rotatable bonds is 4. The summed E-state index contributed by atoms with van der Waals surface area (Å²) in [4.78, 5) is 0. The summed E-state index contributed by atoms with van der Waals surface area (Å²) < 4.78 is 5.35. The minimum atomic E-state index is -0.116. The highest BCUT2D eigenvalue weighted by molar-refractivity contribution is 6.27. The minimum Gasteiger partial charge on any atom is -0.302 e. The molecular weight excluding hydrogens is 176 g/mol. The average molecular weight is 199 g/mol. The van der Waals surface area contributed by atoms with Gasteiger partial charge in [0.15, 0.2) is 0 Å². The molecule has 0 bridgehead atoms. The Balaban J connectivity index is 2.57. The third kappa shape index (κ3) is 2.41. The molecular formula is C10H23N2Si+. The minimum absolute atomic E-state index is 0.116. The second kappa shape index (κ2) is 4.91. The molecule has 1 unspecified atom stereocenters. The Bertz CT molecular complexity index is 201. The molecule has 0 N–H and O–H groups in total. The van der Waals surface area contributed by atoms with Crippen LogP contribution in [-0.4, -0.2) is 43.5 Å². The zero-order valence-corrected chi connectivity index (χ0v) is 10.9. The first-order valence-corrected chi connectivity index (χ1v) is 6.79. The first-order valence-electron chi connectivity index (χ1n) is 5.53. The van der Waals surface area contributed by atoms with E-state index >= 15 is 0 Å². The molecule has 1 heterocycles. The van der Waals surface area contributed by atoms with Gasteiger partial charge >= 0.3 is 9.84 Å². The van der Waals surface area contributed by atoms with E-state index in [1.54, 1.807) is 5.71 Å². The van der Waals surface area contributed by atoms with Gasteiger partial charge in [0.25, 0.3) is 0 Å². The van der Waals surface area contributed by atoms with Crippen LogP contribution in [0.4, 0.5) is 0 Å². The molecule has 1 aliphatic heterocycles. The lowest BCUT2D eigenvalue weighted by molar-refractivity contribution is -0.383. The highest BCUT2D eigenvalue weighted by Gasteiger charge is 2.32. The van der Waals surface area contributed by atoms with E-state index in [4.69, 9.17) is 0 Å². The average Bonchev–Trinajstić information content (AvgIpc) is 2.36. The van der Waals surface area contributed by atoms with Crippen molar-refractivity contribution in [3.63, 3.8) is 0 Å². The third-order valence-electron chi connectivity index (χ3n) is 3.01. The van der Waals surface area contributed by atoms with E-state index < -0.39 is 0 Å². The van der Waals surface area contributed by atoms with Crippen molar-refractivity contribution < 1.29 is 4.24 Å². The topological polar surface area (TPSA) is 6.25 Å². The Hall–Kier alpha value is -0.153. The zero-order valence-electron chi connectivity index (χ0n) is 9.51. The fourth-order valence-electron chi connectivity index (χ4n) is 2.05. The van der Waals surface area contributed by atoms with E-state index in [1.165, 1.54) is 25.9 Å². The Morgan fingerprint density at radius 2 is 2.08 bits per heavy atom.